The van der Waals surface area contributed by atoms with Gasteiger partial charge in [0.2, 0.25) is 0 Å². The van der Waals surface area contributed by atoms with Crippen LogP contribution in [0.4, 0.5) is 10.1 Å². The van der Waals surface area contributed by atoms with E-state index < -0.39 is 5.82 Å². The molecule has 0 radical (unpaired) electrons. The van der Waals surface area contributed by atoms with Crippen LogP contribution >= 0.6 is 11.6 Å². The fourth-order valence-electron chi connectivity index (χ4n) is 2.93. The van der Waals surface area contributed by atoms with Gasteiger partial charge in [-0.25, -0.2) is 4.39 Å². The van der Waals surface area contributed by atoms with Crippen molar-refractivity contribution in [3.05, 3.63) is 64.4 Å². The molecule has 4 nitrogen and oxygen atoms in total. The summed E-state index contributed by atoms with van der Waals surface area (Å²) in [6.07, 6.45) is 0. The molecule has 25 heavy (non-hydrogen) atoms. The van der Waals surface area contributed by atoms with Gasteiger partial charge in [0.1, 0.15) is 5.82 Å². The Kier molecular flexibility index (Phi) is 5.04. The van der Waals surface area contributed by atoms with Crippen LogP contribution in [-0.4, -0.2) is 42.8 Å². The summed E-state index contributed by atoms with van der Waals surface area (Å²) in [4.78, 5) is 27.6. The largest absolute Gasteiger partial charge is 0.368 e. The lowest BCUT2D eigenvalue weighted by Gasteiger charge is -2.36. The molecule has 0 bridgehead atoms. The molecule has 1 saturated heterocycles. The second-order valence-corrected chi connectivity index (χ2v) is 6.39. The lowest BCUT2D eigenvalue weighted by atomic mass is 10.1. The second-order valence-electron chi connectivity index (χ2n) is 5.98. The molecule has 1 heterocycles. The van der Waals surface area contributed by atoms with Crippen LogP contribution in [-0.2, 0) is 0 Å². The predicted octanol–water partition coefficient (Wildman–Crippen LogP) is 3.64. The number of hydrogen-bond donors (Lipinski definition) is 0. The van der Waals surface area contributed by atoms with Gasteiger partial charge in [-0.2, -0.15) is 0 Å². The van der Waals surface area contributed by atoms with Crippen molar-refractivity contribution in [3.63, 3.8) is 0 Å². The molecule has 0 N–H and O–H groups in total. The summed E-state index contributed by atoms with van der Waals surface area (Å²) in [5.41, 5.74) is 1.61. The molecular weight excluding hydrogens is 343 g/mol. The van der Waals surface area contributed by atoms with Crippen LogP contribution in [0.2, 0.25) is 5.02 Å². The first-order valence-electron chi connectivity index (χ1n) is 8.06. The molecule has 1 amide bonds. The van der Waals surface area contributed by atoms with Crippen LogP contribution in [0.15, 0.2) is 42.5 Å². The minimum atomic E-state index is -0.597. The summed E-state index contributed by atoms with van der Waals surface area (Å²) in [5.74, 6) is -0.946. The molecule has 0 saturated carbocycles. The summed E-state index contributed by atoms with van der Waals surface area (Å²) in [6, 6.07) is 11.7. The van der Waals surface area contributed by atoms with Crippen LogP contribution in [0.5, 0.6) is 0 Å². The van der Waals surface area contributed by atoms with Crippen molar-refractivity contribution in [3.8, 4) is 0 Å². The van der Waals surface area contributed by atoms with Gasteiger partial charge < -0.3 is 9.80 Å². The van der Waals surface area contributed by atoms with E-state index in [2.05, 4.69) is 4.90 Å². The smallest absolute Gasteiger partial charge is 0.258 e. The van der Waals surface area contributed by atoms with Crippen LogP contribution < -0.4 is 4.90 Å². The third kappa shape index (κ3) is 3.66. The van der Waals surface area contributed by atoms with E-state index in [1.54, 1.807) is 17.0 Å². The van der Waals surface area contributed by atoms with E-state index in [-0.39, 0.29) is 22.3 Å². The zero-order chi connectivity index (χ0) is 18.0. The Morgan fingerprint density at radius 1 is 1.00 bits per heavy atom. The molecule has 6 heteroatoms. The molecule has 1 aliphatic rings. The number of piperazine rings is 1. The Labute approximate surface area is 150 Å². The highest BCUT2D eigenvalue weighted by molar-refractivity contribution is 6.33. The molecule has 3 rings (SSSR count). The first-order valence-corrected chi connectivity index (χ1v) is 8.44. The standard InChI is InChI=1S/C19H18ClFN2O2/c1-13(24)14-5-7-15(8-6-14)22-9-11-23(12-10-22)19(25)18-16(20)3-2-4-17(18)21/h2-8H,9-12H2,1H3. The van der Waals surface area contributed by atoms with Crippen molar-refractivity contribution in [2.45, 2.75) is 6.92 Å². The SMILES string of the molecule is CC(=O)c1ccc(N2CCN(C(=O)c3c(F)cccc3Cl)CC2)cc1. The molecule has 1 fully saturated rings. The number of carbonyl (C=O) groups is 2. The molecule has 130 valence electrons. The van der Waals surface area contributed by atoms with E-state index in [0.29, 0.717) is 31.7 Å². The average Bonchev–Trinajstić information content (AvgIpc) is 2.61. The summed E-state index contributed by atoms with van der Waals surface area (Å²) < 4.78 is 13.9. The van der Waals surface area contributed by atoms with Gasteiger partial charge in [-0.1, -0.05) is 17.7 Å². The summed E-state index contributed by atoms with van der Waals surface area (Å²) >= 11 is 5.98. The molecular formula is C19H18ClFN2O2. The number of anilines is 1. The third-order valence-electron chi connectivity index (χ3n) is 4.38. The zero-order valence-corrected chi connectivity index (χ0v) is 14.6. The van der Waals surface area contributed by atoms with Gasteiger partial charge in [-0.05, 0) is 43.3 Å². The highest BCUT2D eigenvalue weighted by Gasteiger charge is 2.26. The highest BCUT2D eigenvalue weighted by Crippen LogP contribution is 2.23. The van der Waals surface area contributed by atoms with Gasteiger partial charge in [0, 0.05) is 37.4 Å². The second kappa shape index (κ2) is 7.23. The first-order chi connectivity index (χ1) is 12.0. The lowest BCUT2D eigenvalue weighted by molar-refractivity contribution is 0.0742. The highest BCUT2D eigenvalue weighted by atomic mass is 35.5. The molecule has 1 aliphatic heterocycles. The monoisotopic (exact) mass is 360 g/mol. The Bertz CT molecular complexity index is 779. The van der Waals surface area contributed by atoms with Gasteiger partial charge in [0.15, 0.2) is 5.78 Å². The maximum absolute atomic E-state index is 13.9. The minimum Gasteiger partial charge on any atom is -0.368 e. The van der Waals surface area contributed by atoms with Crippen LogP contribution in [0, 0.1) is 5.82 Å². The maximum atomic E-state index is 13.9. The predicted molar refractivity (Wildman–Crippen MR) is 96.0 cm³/mol. The Morgan fingerprint density at radius 2 is 1.64 bits per heavy atom. The molecule has 2 aromatic carbocycles. The van der Waals surface area contributed by atoms with E-state index in [1.807, 2.05) is 12.1 Å². The molecule has 0 aromatic heterocycles. The van der Waals surface area contributed by atoms with Gasteiger partial charge in [0.05, 0.1) is 10.6 Å². The number of Topliss-reactive ketones (excluding diaryl/α,β-unsaturated/α-hetero) is 1. The fraction of sp³-hybridized carbons (Fsp3) is 0.263. The first kappa shape index (κ1) is 17.4. The van der Waals surface area contributed by atoms with Gasteiger partial charge in [-0.15, -0.1) is 0 Å². The van der Waals surface area contributed by atoms with E-state index in [0.717, 1.165) is 5.69 Å². The number of rotatable bonds is 3. The zero-order valence-electron chi connectivity index (χ0n) is 13.8. The van der Waals surface area contributed by atoms with Gasteiger partial charge in [-0.3, -0.25) is 9.59 Å². The number of halogens is 2. The molecule has 0 spiro atoms. The van der Waals surface area contributed by atoms with Crippen LogP contribution in [0.1, 0.15) is 27.6 Å². The van der Waals surface area contributed by atoms with Gasteiger partial charge >= 0.3 is 0 Å². The Morgan fingerprint density at radius 3 is 2.20 bits per heavy atom. The Hall–Kier alpha value is -2.40. The normalized spacial score (nSPS) is 14.5. The lowest BCUT2D eigenvalue weighted by Crippen LogP contribution is -2.49. The molecule has 2 aromatic rings. The topological polar surface area (TPSA) is 40.6 Å². The van der Waals surface area contributed by atoms with Gasteiger partial charge in [0.25, 0.3) is 5.91 Å². The summed E-state index contributed by atoms with van der Waals surface area (Å²) in [7, 11) is 0. The third-order valence-corrected chi connectivity index (χ3v) is 4.70. The molecule has 0 atom stereocenters. The van der Waals surface area contributed by atoms with E-state index in [9.17, 15) is 14.0 Å². The summed E-state index contributed by atoms with van der Waals surface area (Å²) in [5, 5.41) is 0.132. The quantitative estimate of drug-likeness (QED) is 0.784. The number of ketones is 1. The minimum absolute atomic E-state index is 0.0312. The van der Waals surface area contributed by atoms with E-state index in [4.69, 9.17) is 11.6 Å². The number of hydrogen-bond acceptors (Lipinski definition) is 3. The number of nitrogens with zero attached hydrogens (tertiary/aromatic N) is 2. The fourth-order valence-corrected chi connectivity index (χ4v) is 3.18. The van der Waals surface area contributed by atoms with Crippen molar-refractivity contribution >= 4 is 29.0 Å². The maximum Gasteiger partial charge on any atom is 0.258 e. The Balaban J connectivity index is 1.67. The van der Waals surface area contributed by atoms with Crippen LogP contribution in [0.25, 0.3) is 0 Å². The van der Waals surface area contributed by atoms with Crippen molar-refractivity contribution < 1.29 is 14.0 Å². The molecule has 0 aliphatic carbocycles. The van der Waals surface area contributed by atoms with Crippen molar-refractivity contribution in [2.24, 2.45) is 0 Å². The average molecular weight is 361 g/mol. The number of amides is 1. The van der Waals surface area contributed by atoms with E-state index in [1.165, 1.54) is 25.1 Å². The van der Waals surface area contributed by atoms with Crippen molar-refractivity contribution in [1.29, 1.82) is 0 Å². The van der Waals surface area contributed by atoms with Crippen LogP contribution in [0.3, 0.4) is 0 Å². The number of carbonyl (C=O) groups excluding carboxylic acids is 2. The van der Waals surface area contributed by atoms with Crippen molar-refractivity contribution in [2.75, 3.05) is 31.1 Å². The van der Waals surface area contributed by atoms with Crippen molar-refractivity contribution in [1.82, 2.24) is 4.90 Å². The molecule has 0 unspecified atom stereocenters. The number of benzene rings is 2. The summed E-state index contributed by atoms with van der Waals surface area (Å²) in [6.45, 7) is 3.78. The van der Waals surface area contributed by atoms with E-state index >= 15 is 0 Å².